The summed E-state index contributed by atoms with van der Waals surface area (Å²) in [5, 5.41) is 12.3. The molecule has 0 atom stereocenters. The Morgan fingerprint density at radius 2 is 1.96 bits per heavy atom. The zero-order valence-electron chi connectivity index (χ0n) is 14.8. The first-order valence-electron chi connectivity index (χ1n) is 8.10. The summed E-state index contributed by atoms with van der Waals surface area (Å²) < 4.78 is 0. The second kappa shape index (κ2) is 11.3. The van der Waals surface area contributed by atoms with Crippen LogP contribution in [0.5, 0.6) is 0 Å². The van der Waals surface area contributed by atoms with Gasteiger partial charge in [-0.15, -0.1) is 0 Å². The third-order valence-electron chi connectivity index (χ3n) is 3.09. The van der Waals surface area contributed by atoms with Crippen LogP contribution in [0.25, 0.3) is 0 Å². The van der Waals surface area contributed by atoms with E-state index in [0.29, 0.717) is 12.2 Å². The third-order valence-corrected chi connectivity index (χ3v) is 3.09. The quantitative estimate of drug-likeness (QED) is 0.453. The third kappa shape index (κ3) is 6.83. The second-order valence-electron chi connectivity index (χ2n) is 4.78. The lowest BCUT2D eigenvalue weighted by atomic mass is 10.2. The second-order valence-corrected chi connectivity index (χ2v) is 4.78. The first kappa shape index (κ1) is 19.8. The monoisotopic (exact) mass is 335 g/mol. The van der Waals surface area contributed by atoms with Crippen molar-refractivity contribution in [1.82, 2.24) is 15.3 Å². The molecular formula is C20H25N5. The van der Waals surface area contributed by atoms with Gasteiger partial charge in [0.1, 0.15) is 5.84 Å². The molecule has 0 spiro atoms. The average molecular weight is 335 g/mol. The molecular weight excluding hydrogens is 310 g/mol. The van der Waals surface area contributed by atoms with Gasteiger partial charge in [0, 0.05) is 24.5 Å². The number of rotatable bonds is 7. The maximum Gasteiger partial charge on any atom is 0.150 e. The van der Waals surface area contributed by atoms with E-state index in [4.69, 9.17) is 5.41 Å². The fourth-order valence-electron chi connectivity index (χ4n) is 1.88. The minimum absolute atomic E-state index is 0.215. The first-order chi connectivity index (χ1) is 12.2. The van der Waals surface area contributed by atoms with Gasteiger partial charge >= 0.3 is 0 Å². The van der Waals surface area contributed by atoms with Gasteiger partial charge in [-0.05, 0) is 17.8 Å². The lowest BCUT2D eigenvalue weighted by molar-refractivity contribution is 0.545. The number of hydrazone groups is 1. The first-order valence-corrected chi connectivity index (χ1v) is 8.10. The van der Waals surface area contributed by atoms with Crippen LogP contribution in [-0.4, -0.2) is 21.9 Å². The number of hydrogen-bond donors (Lipinski definition) is 2. The van der Waals surface area contributed by atoms with E-state index in [1.807, 2.05) is 56.3 Å². The molecule has 0 amide bonds. The Morgan fingerprint density at radius 3 is 2.56 bits per heavy atom. The molecule has 25 heavy (non-hydrogen) atoms. The van der Waals surface area contributed by atoms with Crippen molar-refractivity contribution in [1.29, 1.82) is 5.41 Å². The number of benzene rings is 1. The Balaban J connectivity index is 0.00000151. The van der Waals surface area contributed by atoms with Crippen LogP contribution < -0.4 is 5.43 Å². The summed E-state index contributed by atoms with van der Waals surface area (Å²) in [6.07, 6.45) is 6.63. The molecule has 0 unspecified atom stereocenters. The molecule has 1 heterocycles. The van der Waals surface area contributed by atoms with E-state index in [2.05, 4.69) is 28.7 Å². The number of nitrogens with zero attached hydrogens (tertiary/aromatic N) is 3. The number of hydrogen-bond acceptors (Lipinski definition) is 4. The summed E-state index contributed by atoms with van der Waals surface area (Å²) in [7, 11) is 0. The van der Waals surface area contributed by atoms with E-state index in [9.17, 15) is 0 Å². The molecule has 0 aliphatic heterocycles. The summed E-state index contributed by atoms with van der Waals surface area (Å²) in [4.78, 5) is 5.70. The lowest BCUT2D eigenvalue weighted by Crippen LogP contribution is -2.29. The van der Waals surface area contributed by atoms with E-state index in [0.717, 1.165) is 11.1 Å². The fraction of sp³-hybridized carbons (Fsp3) is 0.150. The van der Waals surface area contributed by atoms with Gasteiger partial charge in [-0.1, -0.05) is 63.4 Å². The molecule has 1 aromatic heterocycles. The molecule has 0 radical (unpaired) electrons. The normalized spacial score (nSPS) is 9.68. The fourth-order valence-corrected chi connectivity index (χ4v) is 1.88. The Labute approximate surface area is 149 Å². The zero-order valence-corrected chi connectivity index (χ0v) is 14.8. The number of pyridine rings is 1. The van der Waals surface area contributed by atoms with Crippen molar-refractivity contribution in [3.05, 3.63) is 91.0 Å². The van der Waals surface area contributed by atoms with Crippen molar-refractivity contribution < 1.29 is 0 Å². The Bertz CT molecular complexity index is 693. The molecule has 5 heteroatoms. The van der Waals surface area contributed by atoms with Crippen molar-refractivity contribution >= 4 is 12.1 Å². The van der Waals surface area contributed by atoms with E-state index in [1.54, 1.807) is 29.7 Å². The van der Waals surface area contributed by atoms with Gasteiger partial charge < -0.3 is 4.90 Å². The molecule has 0 saturated heterocycles. The van der Waals surface area contributed by atoms with E-state index < -0.39 is 0 Å². The van der Waals surface area contributed by atoms with Gasteiger partial charge in [-0.3, -0.25) is 15.8 Å². The van der Waals surface area contributed by atoms with Crippen molar-refractivity contribution in [2.24, 2.45) is 5.10 Å². The Kier molecular flexibility index (Phi) is 9.00. The highest BCUT2D eigenvalue weighted by molar-refractivity contribution is 5.95. The number of nitrogens with one attached hydrogen (secondary N) is 2. The highest BCUT2D eigenvalue weighted by Crippen LogP contribution is 2.07. The molecule has 2 aromatic rings. The van der Waals surface area contributed by atoms with Gasteiger partial charge in [0.15, 0.2) is 0 Å². The van der Waals surface area contributed by atoms with E-state index >= 15 is 0 Å². The van der Waals surface area contributed by atoms with E-state index in [1.165, 1.54) is 0 Å². The topological polar surface area (TPSA) is 64.4 Å². The predicted molar refractivity (Wildman–Crippen MR) is 105 cm³/mol. The van der Waals surface area contributed by atoms with Crippen LogP contribution in [0.15, 0.2) is 85.0 Å². The summed E-state index contributed by atoms with van der Waals surface area (Å²) in [5.41, 5.74) is 5.11. The van der Waals surface area contributed by atoms with Crippen LogP contribution >= 0.6 is 0 Å². The van der Waals surface area contributed by atoms with Crippen molar-refractivity contribution in [2.75, 3.05) is 0 Å². The van der Waals surface area contributed by atoms with Crippen molar-refractivity contribution in [3.8, 4) is 0 Å². The zero-order chi connectivity index (χ0) is 18.5. The smallest absolute Gasteiger partial charge is 0.150 e. The summed E-state index contributed by atoms with van der Waals surface area (Å²) in [5.74, 6) is 0.215. The molecule has 0 aliphatic carbocycles. The highest BCUT2D eigenvalue weighted by Gasteiger charge is 2.10. The minimum Gasteiger partial charge on any atom is -0.328 e. The Morgan fingerprint density at radius 1 is 1.24 bits per heavy atom. The van der Waals surface area contributed by atoms with Crippen molar-refractivity contribution in [2.45, 2.75) is 20.4 Å². The SMILES string of the molecule is C=CN(Cc1ccccc1)C(=N)C(=C)N/N=C/c1cccnc1.CC. The standard InChI is InChI=1S/C18H19N5.C2H6/c1-3-23(14-16-8-5-4-6-9-16)18(19)15(2)22-21-13-17-10-7-11-20-12-17;1-2/h3-13,19,22H,1-2,14H2;1-2H3/b19-18?,21-13+;. The average Bonchev–Trinajstić information content (AvgIpc) is 2.68. The molecule has 0 aliphatic rings. The van der Waals surface area contributed by atoms with Crippen LogP contribution in [-0.2, 0) is 6.54 Å². The Hall–Kier alpha value is -3.21. The van der Waals surface area contributed by atoms with Crippen molar-refractivity contribution in [3.63, 3.8) is 0 Å². The van der Waals surface area contributed by atoms with Gasteiger partial charge in [0.2, 0.25) is 0 Å². The van der Waals surface area contributed by atoms with Gasteiger partial charge in [0.05, 0.1) is 11.9 Å². The minimum atomic E-state index is 0.215. The maximum atomic E-state index is 8.19. The largest absolute Gasteiger partial charge is 0.328 e. The molecule has 1 aromatic carbocycles. The molecule has 0 bridgehead atoms. The predicted octanol–water partition coefficient (Wildman–Crippen LogP) is 4.17. The van der Waals surface area contributed by atoms with Crippen LogP contribution in [0.3, 0.4) is 0 Å². The molecule has 2 rings (SSSR count). The van der Waals surface area contributed by atoms with Gasteiger partial charge in [-0.2, -0.15) is 5.10 Å². The molecule has 2 N–H and O–H groups in total. The number of amidine groups is 1. The number of aromatic nitrogens is 1. The highest BCUT2D eigenvalue weighted by atomic mass is 15.3. The lowest BCUT2D eigenvalue weighted by Gasteiger charge is -2.21. The van der Waals surface area contributed by atoms with Crippen LogP contribution in [0.4, 0.5) is 0 Å². The summed E-state index contributed by atoms with van der Waals surface area (Å²) in [6, 6.07) is 13.6. The molecule has 0 saturated carbocycles. The van der Waals surface area contributed by atoms with E-state index in [-0.39, 0.29) is 5.84 Å². The molecule has 130 valence electrons. The molecule has 0 fully saturated rings. The van der Waals surface area contributed by atoms with Gasteiger partial charge in [0.25, 0.3) is 0 Å². The van der Waals surface area contributed by atoms with Crippen LogP contribution in [0.1, 0.15) is 25.0 Å². The molecule has 5 nitrogen and oxygen atoms in total. The summed E-state index contributed by atoms with van der Waals surface area (Å²) >= 11 is 0. The van der Waals surface area contributed by atoms with Crippen LogP contribution in [0, 0.1) is 5.41 Å². The summed E-state index contributed by atoms with van der Waals surface area (Å²) in [6.45, 7) is 12.2. The maximum absolute atomic E-state index is 8.19. The van der Waals surface area contributed by atoms with Crippen LogP contribution in [0.2, 0.25) is 0 Å². The van der Waals surface area contributed by atoms with Gasteiger partial charge in [-0.25, -0.2) is 0 Å².